The second kappa shape index (κ2) is 13.0. The van der Waals surface area contributed by atoms with Crippen molar-refractivity contribution in [3.63, 3.8) is 0 Å². The molecule has 13 heteroatoms. The number of carbonyl (C=O) groups is 1. The summed E-state index contributed by atoms with van der Waals surface area (Å²) < 4.78 is 52.7. The number of rotatable bonds is 7. The fourth-order valence-electron chi connectivity index (χ4n) is 4.81. The molecule has 0 saturated carbocycles. The summed E-state index contributed by atoms with van der Waals surface area (Å²) in [7, 11) is -8.39. The molecule has 238 valence electrons. The number of nitrogens with one attached hydrogen (secondary N) is 2. The van der Waals surface area contributed by atoms with Crippen LogP contribution in [0.5, 0.6) is 0 Å². The Bertz CT molecular complexity index is 2010. The first kappa shape index (κ1) is 34.2. The zero-order valence-electron chi connectivity index (χ0n) is 26.0. The number of hydrogen-bond acceptors (Lipinski definition) is 9. The van der Waals surface area contributed by atoms with E-state index >= 15 is 4.21 Å². The molecule has 3 aromatic carbocycles. The SMILES string of the molecule is CSc1sc(C(=N)NC(=O)OC(C)(C)C)cc1S(=O)(=NS(=O)(=O)c1cccc(N)c1)c1cccc(-c2c(C)cc(C)cc2C)c1. The van der Waals surface area contributed by atoms with Gasteiger partial charge in [-0.2, -0.15) is 8.42 Å². The molecule has 1 aromatic heterocycles. The standard InChI is InChI=1S/C32H36N4O5S4/c1-19-14-20(2)28(21(3)15-19)22-10-8-12-24(16-22)44(38,36-45(39,40)25-13-9-11-23(33)17-25)27-18-26(43-30(27)42-7)29(34)35-31(37)41-32(4,5)6/h8-18H,33H2,1-7H3,(H2,34,35,37). The Kier molecular flexibility index (Phi) is 9.88. The molecule has 1 unspecified atom stereocenters. The van der Waals surface area contributed by atoms with Crippen molar-refractivity contribution in [2.45, 2.75) is 66.0 Å². The van der Waals surface area contributed by atoms with Gasteiger partial charge in [0, 0.05) is 5.69 Å². The summed E-state index contributed by atoms with van der Waals surface area (Å²) in [5, 5.41) is 10.9. The molecule has 0 aliphatic carbocycles. The number of hydrogen-bond donors (Lipinski definition) is 3. The summed E-state index contributed by atoms with van der Waals surface area (Å²) in [6, 6.07) is 18.1. The number of nitrogen functional groups attached to an aromatic ring is 1. The molecule has 1 heterocycles. The van der Waals surface area contributed by atoms with Gasteiger partial charge in [0.1, 0.15) is 21.2 Å². The zero-order valence-corrected chi connectivity index (χ0v) is 29.3. The van der Waals surface area contributed by atoms with E-state index in [1.165, 1.54) is 36.0 Å². The van der Waals surface area contributed by atoms with Crippen LogP contribution in [0.2, 0.25) is 0 Å². The average molecular weight is 685 g/mol. The highest BCUT2D eigenvalue weighted by Crippen LogP contribution is 2.40. The maximum atomic E-state index is 15.3. The quantitative estimate of drug-likeness (QED) is 0.0778. The Morgan fingerprint density at radius 1 is 0.956 bits per heavy atom. The molecule has 0 aliphatic heterocycles. The highest BCUT2D eigenvalue weighted by Gasteiger charge is 2.29. The summed E-state index contributed by atoms with van der Waals surface area (Å²) in [4.78, 5) is 12.8. The van der Waals surface area contributed by atoms with Crippen molar-refractivity contribution in [2.24, 2.45) is 3.77 Å². The lowest BCUT2D eigenvalue weighted by Gasteiger charge is -2.19. The largest absolute Gasteiger partial charge is 0.444 e. The van der Waals surface area contributed by atoms with Gasteiger partial charge in [-0.3, -0.25) is 10.7 Å². The topological polar surface area (TPSA) is 152 Å². The number of nitrogens with two attached hydrogens (primary N) is 1. The molecule has 0 radical (unpaired) electrons. The maximum absolute atomic E-state index is 15.3. The third-order valence-corrected chi connectivity index (χ3v) is 13.3. The summed E-state index contributed by atoms with van der Waals surface area (Å²) >= 11 is 2.33. The molecule has 4 N–H and O–H groups in total. The van der Waals surface area contributed by atoms with Gasteiger partial charge < -0.3 is 10.5 Å². The van der Waals surface area contributed by atoms with Crippen molar-refractivity contribution in [3.8, 4) is 11.1 Å². The molecule has 45 heavy (non-hydrogen) atoms. The average Bonchev–Trinajstić information content (AvgIpc) is 3.37. The van der Waals surface area contributed by atoms with Gasteiger partial charge in [-0.25, -0.2) is 9.00 Å². The first-order chi connectivity index (χ1) is 20.9. The molecule has 0 fully saturated rings. The molecule has 1 atom stereocenters. The predicted octanol–water partition coefficient (Wildman–Crippen LogP) is 7.77. The minimum Gasteiger partial charge on any atom is -0.444 e. The lowest BCUT2D eigenvalue weighted by molar-refractivity contribution is 0.0563. The Hall–Kier alpha value is -3.65. The van der Waals surface area contributed by atoms with Gasteiger partial charge in [0.25, 0.3) is 10.0 Å². The lowest BCUT2D eigenvalue weighted by Crippen LogP contribution is -2.36. The predicted molar refractivity (Wildman–Crippen MR) is 184 cm³/mol. The number of ether oxygens (including phenoxy) is 1. The molecule has 0 spiro atoms. The minimum atomic E-state index is -4.49. The molecule has 1 amide bonds. The zero-order chi connectivity index (χ0) is 33.3. The Labute approximate surface area is 273 Å². The van der Waals surface area contributed by atoms with Crippen LogP contribution in [0.15, 0.2) is 89.4 Å². The summed E-state index contributed by atoms with van der Waals surface area (Å²) in [5.41, 5.74) is 10.2. The second-order valence-corrected chi connectivity index (χ2v) is 17.5. The van der Waals surface area contributed by atoms with Crippen molar-refractivity contribution in [1.29, 1.82) is 5.41 Å². The summed E-state index contributed by atoms with van der Waals surface area (Å²) in [6.45, 7) is 11.1. The number of aryl methyl sites for hydroxylation is 3. The molecule has 0 bridgehead atoms. The van der Waals surface area contributed by atoms with Gasteiger partial charge in [-0.15, -0.1) is 23.1 Å². The Morgan fingerprint density at radius 3 is 2.18 bits per heavy atom. The normalized spacial score (nSPS) is 13.1. The van der Waals surface area contributed by atoms with Gasteiger partial charge in [0.2, 0.25) is 0 Å². The summed E-state index contributed by atoms with van der Waals surface area (Å²) in [6.07, 6.45) is 0.936. The van der Waals surface area contributed by atoms with Gasteiger partial charge in [-0.05, 0) is 106 Å². The van der Waals surface area contributed by atoms with Gasteiger partial charge in [0.15, 0.2) is 0 Å². The van der Waals surface area contributed by atoms with Crippen LogP contribution in [0.1, 0.15) is 42.3 Å². The van der Waals surface area contributed by atoms with E-state index in [-0.39, 0.29) is 31.1 Å². The Morgan fingerprint density at radius 2 is 1.58 bits per heavy atom. The van der Waals surface area contributed by atoms with Crippen LogP contribution in [-0.4, -0.2) is 36.4 Å². The lowest BCUT2D eigenvalue weighted by atomic mass is 9.94. The van der Waals surface area contributed by atoms with Crippen molar-refractivity contribution < 1.29 is 22.2 Å². The van der Waals surface area contributed by atoms with Crippen LogP contribution in [0.3, 0.4) is 0 Å². The number of carbonyl (C=O) groups excluding carboxylic acids is 1. The number of benzene rings is 3. The molecule has 4 rings (SSSR count). The highest BCUT2D eigenvalue weighted by atomic mass is 32.3. The van der Waals surface area contributed by atoms with Crippen molar-refractivity contribution in [1.82, 2.24) is 5.32 Å². The molecule has 0 aliphatic rings. The van der Waals surface area contributed by atoms with Crippen LogP contribution in [0.4, 0.5) is 10.5 Å². The Balaban J connectivity index is 1.97. The van der Waals surface area contributed by atoms with Crippen molar-refractivity contribution in [2.75, 3.05) is 12.0 Å². The van der Waals surface area contributed by atoms with E-state index in [4.69, 9.17) is 15.9 Å². The van der Waals surface area contributed by atoms with E-state index in [1.807, 2.05) is 26.8 Å². The third-order valence-electron chi connectivity index (χ3n) is 6.50. The van der Waals surface area contributed by atoms with Gasteiger partial charge in [-0.1, -0.05) is 39.7 Å². The maximum Gasteiger partial charge on any atom is 0.413 e. The van der Waals surface area contributed by atoms with E-state index in [2.05, 4.69) is 21.2 Å². The van der Waals surface area contributed by atoms with E-state index in [9.17, 15) is 13.2 Å². The van der Waals surface area contributed by atoms with E-state index < -0.39 is 31.4 Å². The number of nitrogens with zero attached hydrogens (tertiary/aromatic N) is 1. The molecular formula is C32H36N4O5S4. The fraction of sp³-hybridized carbons (Fsp3) is 0.250. The summed E-state index contributed by atoms with van der Waals surface area (Å²) in [5.74, 6) is -0.282. The van der Waals surface area contributed by atoms with E-state index in [0.717, 1.165) is 39.2 Å². The number of thioether (sulfide) groups is 1. The van der Waals surface area contributed by atoms with E-state index in [1.54, 1.807) is 51.3 Å². The first-order valence-corrected chi connectivity index (χ1v) is 18.8. The van der Waals surface area contributed by atoms with Crippen molar-refractivity contribution in [3.05, 3.63) is 88.3 Å². The van der Waals surface area contributed by atoms with Crippen LogP contribution >= 0.6 is 23.1 Å². The highest BCUT2D eigenvalue weighted by molar-refractivity contribution is 8.05. The van der Waals surface area contributed by atoms with Crippen LogP contribution < -0.4 is 11.1 Å². The third kappa shape index (κ3) is 7.78. The minimum absolute atomic E-state index is 0.118. The van der Waals surface area contributed by atoms with Crippen LogP contribution in [0.25, 0.3) is 11.1 Å². The van der Waals surface area contributed by atoms with Crippen molar-refractivity contribution >= 4 is 60.5 Å². The molecule has 4 aromatic rings. The number of anilines is 1. The number of amides is 1. The second-order valence-electron chi connectivity index (χ2n) is 11.4. The monoisotopic (exact) mass is 684 g/mol. The van der Waals surface area contributed by atoms with Crippen LogP contribution in [0, 0.1) is 26.2 Å². The molecular weight excluding hydrogens is 649 g/mol. The number of thiophene rings is 1. The first-order valence-electron chi connectivity index (χ1n) is 13.8. The number of alkyl carbamates (subject to hydrolysis) is 1. The van der Waals surface area contributed by atoms with Gasteiger partial charge >= 0.3 is 6.09 Å². The smallest absolute Gasteiger partial charge is 0.413 e. The van der Waals surface area contributed by atoms with Gasteiger partial charge in [0.05, 0.1) is 23.8 Å². The molecule has 0 saturated heterocycles. The molecule has 9 nitrogen and oxygen atoms in total. The number of amidine groups is 1. The number of sulfonamides is 1. The van der Waals surface area contributed by atoms with E-state index in [0.29, 0.717) is 4.21 Å². The fourth-order valence-corrected chi connectivity index (χ4v) is 11.4. The van der Waals surface area contributed by atoms with Crippen LogP contribution in [-0.2, 0) is 24.5 Å².